The van der Waals surface area contributed by atoms with Crippen molar-refractivity contribution in [1.29, 1.82) is 0 Å². The van der Waals surface area contributed by atoms with Crippen molar-refractivity contribution in [1.82, 2.24) is 10.6 Å². The standard InChI is InChI=1S/C14H16F2N2O2/c1-3-8-17-9-13(19)18-10(2)11-6-4-5-7-12(11)20-14(15)16/h1,4-7,10,14,17H,8-9H2,2H3,(H,18,19). The number of para-hydroxylation sites is 1. The molecule has 0 aliphatic carbocycles. The number of hydrogen-bond acceptors (Lipinski definition) is 3. The molecule has 0 radical (unpaired) electrons. The van der Waals surface area contributed by atoms with E-state index in [0.29, 0.717) is 5.56 Å². The maximum atomic E-state index is 12.3. The van der Waals surface area contributed by atoms with Gasteiger partial charge in [-0.15, -0.1) is 6.42 Å². The maximum Gasteiger partial charge on any atom is 0.387 e. The van der Waals surface area contributed by atoms with E-state index in [1.807, 2.05) is 0 Å². The summed E-state index contributed by atoms with van der Waals surface area (Å²) in [5.41, 5.74) is 0.484. The highest BCUT2D eigenvalue weighted by atomic mass is 19.3. The number of ether oxygens (including phenoxy) is 1. The lowest BCUT2D eigenvalue weighted by Gasteiger charge is -2.18. The summed E-state index contributed by atoms with van der Waals surface area (Å²) < 4.78 is 29.0. The molecule has 1 aromatic rings. The van der Waals surface area contributed by atoms with Crippen molar-refractivity contribution in [2.45, 2.75) is 19.6 Å². The van der Waals surface area contributed by atoms with Crippen LogP contribution in [0.1, 0.15) is 18.5 Å². The van der Waals surface area contributed by atoms with Crippen LogP contribution >= 0.6 is 0 Å². The molecule has 6 heteroatoms. The Bertz CT molecular complexity index is 486. The van der Waals surface area contributed by atoms with Gasteiger partial charge in [0, 0.05) is 5.56 Å². The van der Waals surface area contributed by atoms with Crippen LogP contribution in [0.15, 0.2) is 24.3 Å². The number of terminal acetylenes is 1. The number of alkyl halides is 2. The highest BCUT2D eigenvalue weighted by Gasteiger charge is 2.15. The van der Waals surface area contributed by atoms with Crippen molar-refractivity contribution < 1.29 is 18.3 Å². The van der Waals surface area contributed by atoms with Crippen LogP contribution in [0, 0.1) is 12.3 Å². The molecule has 1 rings (SSSR count). The van der Waals surface area contributed by atoms with E-state index in [4.69, 9.17) is 6.42 Å². The van der Waals surface area contributed by atoms with Gasteiger partial charge in [-0.05, 0) is 13.0 Å². The summed E-state index contributed by atoms with van der Waals surface area (Å²) in [7, 11) is 0. The van der Waals surface area contributed by atoms with E-state index in [9.17, 15) is 13.6 Å². The lowest BCUT2D eigenvalue weighted by atomic mass is 10.1. The van der Waals surface area contributed by atoms with Gasteiger partial charge in [0.25, 0.3) is 0 Å². The monoisotopic (exact) mass is 282 g/mol. The molecule has 1 atom stereocenters. The molecule has 0 saturated heterocycles. The van der Waals surface area contributed by atoms with E-state index in [1.54, 1.807) is 25.1 Å². The summed E-state index contributed by atoms with van der Waals surface area (Å²) in [6.07, 6.45) is 5.04. The lowest BCUT2D eigenvalue weighted by molar-refractivity contribution is -0.120. The molecule has 0 fully saturated rings. The fraction of sp³-hybridized carbons (Fsp3) is 0.357. The van der Waals surface area contributed by atoms with Gasteiger partial charge in [0.1, 0.15) is 5.75 Å². The van der Waals surface area contributed by atoms with Gasteiger partial charge < -0.3 is 10.1 Å². The van der Waals surface area contributed by atoms with Crippen LogP contribution in [0.4, 0.5) is 8.78 Å². The Labute approximate surface area is 116 Å². The molecular weight excluding hydrogens is 266 g/mol. The maximum absolute atomic E-state index is 12.3. The number of hydrogen-bond donors (Lipinski definition) is 2. The third kappa shape index (κ3) is 5.24. The molecule has 2 N–H and O–H groups in total. The molecule has 0 heterocycles. The first-order valence-electron chi connectivity index (χ1n) is 6.02. The van der Waals surface area contributed by atoms with E-state index in [1.165, 1.54) is 6.07 Å². The van der Waals surface area contributed by atoms with E-state index in [2.05, 4.69) is 21.3 Å². The van der Waals surface area contributed by atoms with Crippen LogP contribution < -0.4 is 15.4 Å². The van der Waals surface area contributed by atoms with Gasteiger partial charge in [-0.3, -0.25) is 10.1 Å². The van der Waals surface area contributed by atoms with Gasteiger partial charge >= 0.3 is 6.61 Å². The summed E-state index contributed by atoms with van der Waals surface area (Å²) in [5.74, 6) is 2.11. The van der Waals surface area contributed by atoms with Gasteiger partial charge in [-0.2, -0.15) is 8.78 Å². The smallest absolute Gasteiger partial charge is 0.387 e. The van der Waals surface area contributed by atoms with Crippen LogP contribution in [0.25, 0.3) is 0 Å². The van der Waals surface area contributed by atoms with Crippen LogP contribution in [-0.4, -0.2) is 25.6 Å². The fourth-order valence-corrected chi connectivity index (χ4v) is 1.66. The number of benzene rings is 1. The molecule has 108 valence electrons. The van der Waals surface area contributed by atoms with Gasteiger partial charge in [-0.1, -0.05) is 24.1 Å². The molecule has 1 amide bonds. The second kappa shape index (κ2) is 8.12. The Balaban J connectivity index is 2.65. The second-order valence-electron chi connectivity index (χ2n) is 4.01. The van der Waals surface area contributed by atoms with Crippen molar-refractivity contribution in [3.8, 4) is 18.1 Å². The van der Waals surface area contributed by atoms with E-state index in [0.717, 1.165) is 0 Å². The first kappa shape index (κ1) is 15.9. The number of carbonyl (C=O) groups is 1. The SMILES string of the molecule is C#CCNCC(=O)NC(C)c1ccccc1OC(F)F. The highest BCUT2D eigenvalue weighted by molar-refractivity contribution is 5.78. The largest absolute Gasteiger partial charge is 0.434 e. The Hall–Kier alpha value is -2.13. The predicted octanol–water partition coefficient (Wildman–Crippen LogP) is 1.69. The van der Waals surface area contributed by atoms with Gasteiger partial charge in [0.15, 0.2) is 0 Å². The molecule has 0 bridgehead atoms. The topological polar surface area (TPSA) is 50.4 Å². The molecule has 1 aromatic carbocycles. The normalized spacial score (nSPS) is 11.8. The van der Waals surface area contributed by atoms with Gasteiger partial charge in [0.2, 0.25) is 5.91 Å². The highest BCUT2D eigenvalue weighted by Crippen LogP contribution is 2.26. The van der Waals surface area contributed by atoms with E-state index >= 15 is 0 Å². The number of carbonyl (C=O) groups excluding carboxylic acids is 1. The molecule has 0 aliphatic heterocycles. The summed E-state index contributed by atoms with van der Waals surface area (Å²) in [5, 5.41) is 5.41. The summed E-state index contributed by atoms with van der Waals surface area (Å²) in [4.78, 5) is 11.6. The quantitative estimate of drug-likeness (QED) is 0.591. The van der Waals surface area contributed by atoms with E-state index < -0.39 is 12.7 Å². The predicted molar refractivity (Wildman–Crippen MR) is 71.3 cm³/mol. The van der Waals surface area contributed by atoms with Crippen molar-refractivity contribution in [3.05, 3.63) is 29.8 Å². The lowest BCUT2D eigenvalue weighted by Crippen LogP contribution is -2.35. The summed E-state index contributed by atoms with van der Waals surface area (Å²) in [6.45, 7) is -0.872. The minimum atomic E-state index is -2.91. The zero-order chi connectivity index (χ0) is 15.0. The summed E-state index contributed by atoms with van der Waals surface area (Å²) >= 11 is 0. The second-order valence-corrected chi connectivity index (χ2v) is 4.01. The molecule has 0 spiro atoms. The average molecular weight is 282 g/mol. The molecule has 4 nitrogen and oxygen atoms in total. The van der Waals surface area contributed by atoms with Crippen molar-refractivity contribution in [2.75, 3.05) is 13.1 Å². The van der Waals surface area contributed by atoms with Crippen molar-refractivity contribution in [2.24, 2.45) is 0 Å². The Morgan fingerprint density at radius 2 is 2.15 bits per heavy atom. The van der Waals surface area contributed by atoms with Crippen molar-refractivity contribution >= 4 is 5.91 Å². The van der Waals surface area contributed by atoms with Gasteiger partial charge in [-0.25, -0.2) is 0 Å². The minimum absolute atomic E-state index is 0.0480. The van der Waals surface area contributed by atoms with Crippen LogP contribution in [0.3, 0.4) is 0 Å². The molecule has 20 heavy (non-hydrogen) atoms. The Morgan fingerprint density at radius 3 is 2.80 bits per heavy atom. The van der Waals surface area contributed by atoms with Crippen LogP contribution in [0.2, 0.25) is 0 Å². The first-order chi connectivity index (χ1) is 9.54. The Morgan fingerprint density at radius 1 is 1.45 bits per heavy atom. The minimum Gasteiger partial charge on any atom is -0.434 e. The van der Waals surface area contributed by atoms with Crippen LogP contribution in [-0.2, 0) is 4.79 Å². The summed E-state index contributed by atoms with van der Waals surface area (Å²) in [6, 6.07) is 5.88. The molecular formula is C14H16F2N2O2. The fourth-order valence-electron chi connectivity index (χ4n) is 1.66. The zero-order valence-electron chi connectivity index (χ0n) is 11.0. The molecule has 0 aliphatic rings. The van der Waals surface area contributed by atoms with Gasteiger partial charge in [0.05, 0.1) is 19.1 Å². The third-order valence-corrected chi connectivity index (χ3v) is 2.49. The molecule has 0 saturated carbocycles. The number of amides is 1. The number of nitrogens with one attached hydrogen (secondary N) is 2. The first-order valence-corrected chi connectivity index (χ1v) is 6.02. The van der Waals surface area contributed by atoms with E-state index in [-0.39, 0.29) is 24.7 Å². The molecule has 1 unspecified atom stereocenters. The zero-order valence-corrected chi connectivity index (χ0v) is 11.0. The van der Waals surface area contributed by atoms with Crippen LogP contribution in [0.5, 0.6) is 5.75 Å². The molecule has 0 aromatic heterocycles. The average Bonchev–Trinajstić information content (AvgIpc) is 2.38. The third-order valence-electron chi connectivity index (χ3n) is 2.49. The number of rotatable bonds is 7. The number of halogens is 2. The Kier molecular flexibility index (Phi) is 6.47. The van der Waals surface area contributed by atoms with Crippen molar-refractivity contribution in [3.63, 3.8) is 0 Å².